The van der Waals surface area contributed by atoms with E-state index in [1.54, 1.807) is 31.4 Å². The van der Waals surface area contributed by atoms with Gasteiger partial charge < -0.3 is 14.8 Å². The third-order valence-electron chi connectivity index (χ3n) is 5.16. The van der Waals surface area contributed by atoms with Gasteiger partial charge in [0, 0.05) is 30.1 Å². The fourth-order valence-corrected chi connectivity index (χ4v) is 6.25. The number of benzene rings is 2. The Morgan fingerprint density at radius 3 is 2.56 bits per heavy atom. The molecule has 1 N–H and O–H groups in total. The van der Waals surface area contributed by atoms with Crippen LogP contribution in [0.15, 0.2) is 64.9 Å². The van der Waals surface area contributed by atoms with Crippen molar-refractivity contribution in [2.75, 3.05) is 33.4 Å². The van der Waals surface area contributed by atoms with E-state index < -0.39 is 10.0 Å². The van der Waals surface area contributed by atoms with Gasteiger partial charge in [-0.1, -0.05) is 24.3 Å². The van der Waals surface area contributed by atoms with Gasteiger partial charge in [0.05, 0.1) is 20.3 Å². The maximum atomic E-state index is 12.8. The molecule has 2 aromatic carbocycles. The highest BCUT2D eigenvalue weighted by atomic mass is 32.2. The van der Waals surface area contributed by atoms with Crippen LogP contribution in [-0.2, 0) is 21.3 Å². The summed E-state index contributed by atoms with van der Waals surface area (Å²) in [5.41, 5.74) is 2.35. The third kappa shape index (κ3) is 5.02. The van der Waals surface area contributed by atoms with E-state index in [0.717, 1.165) is 21.8 Å². The van der Waals surface area contributed by atoms with Gasteiger partial charge in [-0.2, -0.15) is 4.31 Å². The number of ether oxygens (including phenoxy) is 2. The van der Waals surface area contributed by atoms with Crippen LogP contribution in [0.4, 0.5) is 0 Å². The summed E-state index contributed by atoms with van der Waals surface area (Å²) in [6.45, 7) is 1.97. The third-order valence-corrected chi connectivity index (χ3v) is 8.66. The van der Waals surface area contributed by atoms with Gasteiger partial charge in [0.25, 0.3) is 15.9 Å². The second-order valence-electron chi connectivity index (χ2n) is 7.25. The van der Waals surface area contributed by atoms with E-state index in [9.17, 15) is 13.2 Å². The number of hydrogen-bond acceptors (Lipinski definition) is 6. The molecule has 32 heavy (non-hydrogen) atoms. The first-order chi connectivity index (χ1) is 15.5. The fourth-order valence-electron chi connectivity index (χ4n) is 3.38. The monoisotopic (exact) mass is 472 g/mol. The zero-order chi connectivity index (χ0) is 22.6. The zero-order valence-corrected chi connectivity index (χ0v) is 19.2. The van der Waals surface area contributed by atoms with Crippen LogP contribution in [0.1, 0.15) is 15.9 Å². The van der Waals surface area contributed by atoms with Crippen molar-refractivity contribution in [3.8, 4) is 16.2 Å². The molecule has 0 radical (unpaired) electrons. The highest BCUT2D eigenvalue weighted by Crippen LogP contribution is 2.32. The maximum absolute atomic E-state index is 12.8. The zero-order valence-electron chi connectivity index (χ0n) is 17.6. The van der Waals surface area contributed by atoms with E-state index >= 15 is 0 Å². The Labute approximate surface area is 191 Å². The lowest BCUT2D eigenvalue weighted by atomic mass is 10.1. The molecule has 1 saturated heterocycles. The minimum atomic E-state index is -3.51. The van der Waals surface area contributed by atoms with E-state index in [1.807, 2.05) is 36.4 Å². The van der Waals surface area contributed by atoms with E-state index in [-0.39, 0.29) is 5.91 Å². The van der Waals surface area contributed by atoms with Crippen molar-refractivity contribution in [3.63, 3.8) is 0 Å². The number of hydrogen-bond donors (Lipinski definition) is 1. The summed E-state index contributed by atoms with van der Waals surface area (Å²) in [5.74, 6) is 0.563. The second kappa shape index (κ2) is 9.83. The molecule has 1 aromatic heterocycles. The Morgan fingerprint density at radius 1 is 1.09 bits per heavy atom. The van der Waals surface area contributed by atoms with Gasteiger partial charge in [0.15, 0.2) is 0 Å². The van der Waals surface area contributed by atoms with Gasteiger partial charge in [0.1, 0.15) is 9.96 Å². The molecular weight excluding hydrogens is 448 g/mol. The largest absolute Gasteiger partial charge is 0.497 e. The molecule has 0 unspecified atom stereocenters. The minimum Gasteiger partial charge on any atom is -0.497 e. The predicted molar refractivity (Wildman–Crippen MR) is 123 cm³/mol. The average molecular weight is 473 g/mol. The Balaban J connectivity index is 1.42. The molecule has 1 amide bonds. The molecule has 168 valence electrons. The molecule has 1 aliphatic heterocycles. The van der Waals surface area contributed by atoms with Gasteiger partial charge in [-0.15, -0.1) is 11.3 Å². The number of nitrogens with one attached hydrogen (secondary N) is 1. The first-order valence-corrected chi connectivity index (χ1v) is 12.4. The Kier molecular flexibility index (Phi) is 6.90. The van der Waals surface area contributed by atoms with Crippen LogP contribution in [0.2, 0.25) is 0 Å². The lowest BCUT2D eigenvalue weighted by Gasteiger charge is -2.25. The number of carbonyl (C=O) groups excluding carboxylic acids is 1. The highest BCUT2D eigenvalue weighted by Gasteiger charge is 2.27. The minimum absolute atomic E-state index is 0.180. The number of amides is 1. The molecular formula is C23H24N2O5S2. The van der Waals surface area contributed by atoms with Crippen LogP contribution < -0.4 is 10.1 Å². The molecule has 0 atom stereocenters. The molecule has 1 fully saturated rings. The quantitative estimate of drug-likeness (QED) is 0.570. The van der Waals surface area contributed by atoms with Gasteiger partial charge in [-0.3, -0.25) is 4.79 Å². The van der Waals surface area contributed by atoms with Crippen molar-refractivity contribution in [3.05, 3.63) is 71.8 Å². The molecule has 3 aromatic rings. The van der Waals surface area contributed by atoms with E-state index in [0.29, 0.717) is 42.6 Å². The van der Waals surface area contributed by atoms with Crippen LogP contribution in [0.3, 0.4) is 0 Å². The number of nitrogens with zero attached hydrogens (tertiary/aromatic N) is 1. The first kappa shape index (κ1) is 22.5. The van der Waals surface area contributed by atoms with Crippen LogP contribution in [-0.4, -0.2) is 52.0 Å². The Morgan fingerprint density at radius 2 is 1.84 bits per heavy atom. The molecule has 0 spiro atoms. The van der Waals surface area contributed by atoms with Crippen molar-refractivity contribution in [2.45, 2.75) is 10.8 Å². The standard InChI is InChI=1S/C23H24N2O5S2/c1-29-20-4-2-3-17(15-20)16-24-23(26)19-7-5-18(6-8-19)21-9-10-22(31-21)32(27,28)25-11-13-30-14-12-25/h2-10,15H,11-14,16H2,1H3,(H,24,26). The Hall–Kier alpha value is -2.72. The van der Waals surface area contributed by atoms with Crippen molar-refractivity contribution in [2.24, 2.45) is 0 Å². The van der Waals surface area contributed by atoms with Crippen molar-refractivity contribution in [1.82, 2.24) is 9.62 Å². The summed E-state index contributed by atoms with van der Waals surface area (Å²) in [6.07, 6.45) is 0. The second-order valence-corrected chi connectivity index (χ2v) is 10.5. The Bertz CT molecular complexity index is 1180. The molecule has 4 rings (SSSR count). The predicted octanol–water partition coefficient (Wildman–Crippen LogP) is 3.37. The lowest BCUT2D eigenvalue weighted by Crippen LogP contribution is -2.40. The number of rotatable bonds is 7. The summed E-state index contributed by atoms with van der Waals surface area (Å²) in [5, 5.41) is 2.90. The number of morpholine rings is 1. The average Bonchev–Trinajstić information content (AvgIpc) is 3.35. The molecule has 1 aliphatic rings. The van der Waals surface area contributed by atoms with E-state index in [1.165, 1.54) is 15.6 Å². The SMILES string of the molecule is COc1cccc(CNC(=O)c2ccc(-c3ccc(S(=O)(=O)N4CCOCC4)s3)cc2)c1. The summed E-state index contributed by atoms with van der Waals surface area (Å²) in [4.78, 5) is 13.3. The summed E-state index contributed by atoms with van der Waals surface area (Å²) < 4.78 is 37.9. The van der Waals surface area contributed by atoms with Crippen LogP contribution in [0.5, 0.6) is 5.75 Å². The molecule has 9 heteroatoms. The van der Waals surface area contributed by atoms with Gasteiger partial charge in [-0.05, 0) is 47.5 Å². The van der Waals surface area contributed by atoms with Crippen LogP contribution in [0, 0.1) is 0 Å². The summed E-state index contributed by atoms with van der Waals surface area (Å²) in [6, 6.07) is 18.1. The van der Waals surface area contributed by atoms with E-state index in [4.69, 9.17) is 9.47 Å². The number of methoxy groups -OCH3 is 1. The van der Waals surface area contributed by atoms with Crippen LogP contribution >= 0.6 is 11.3 Å². The number of carbonyl (C=O) groups is 1. The highest BCUT2D eigenvalue weighted by molar-refractivity contribution is 7.91. The smallest absolute Gasteiger partial charge is 0.252 e. The summed E-state index contributed by atoms with van der Waals surface area (Å²) in [7, 11) is -1.91. The number of sulfonamides is 1. The topological polar surface area (TPSA) is 84.9 Å². The van der Waals surface area contributed by atoms with Crippen molar-refractivity contribution >= 4 is 27.3 Å². The van der Waals surface area contributed by atoms with Crippen molar-refractivity contribution < 1.29 is 22.7 Å². The van der Waals surface area contributed by atoms with Crippen LogP contribution in [0.25, 0.3) is 10.4 Å². The molecule has 0 saturated carbocycles. The maximum Gasteiger partial charge on any atom is 0.252 e. The fraction of sp³-hybridized carbons (Fsp3) is 0.261. The molecule has 0 aliphatic carbocycles. The molecule has 0 bridgehead atoms. The van der Waals surface area contributed by atoms with Gasteiger partial charge >= 0.3 is 0 Å². The summed E-state index contributed by atoms with van der Waals surface area (Å²) >= 11 is 1.23. The van der Waals surface area contributed by atoms with Crippen molar-refractivity contribution in [1.29, 1.82) is 0 Å². The van der Waals surface area contributed by atoms with Gasteiger partial charge in [-0.25, -0.2) is 8.42 Å². The molecule has 2 heterocycles. The normalized spacial score (nSPS) is 14.8. The lowest BCUT2D eigenvalue weighted by molar-refractivity contribution is 0.0731. The van der Waals surface area contributed by atoms with E-state index in [2.05, 4.69) is 5.32 Å². The number of thiophene rings is 1. The van der Waals surface area contributed by atoms with Gasteiger partial charge in [0.2, 0.25) is 0 Å². The molecule has 7 nitrogen and oxygen atoms in total. The first-order valence-electron chi connectivity index (χ1n) is 10.2.